The van der Waals surface area contributed by atoms with Crippen molar-refractivity contribution in [3.63, 3.8) is 0 Å². The number of nitrogens with one attached hydrogen (secondary N) is 2. The van der Waals surface area contributed by atoms with Gasteiger partial charge in [0.15, 0.2) is 5.11 Å². The first-order valence-corrected chi connectivity index (χ1v) is 6.42. The van der Waals surface area contributed by atoms with Gasteiger partial charge >= 0.3 is 0 Å². The molecule has 2 N–H and O–H groups in total. The van der Waals surface area contributed by atoms with Crippen molar-refractivity contribution in [2.75, 3.05) is 10.6 Å². The van der Waals surface area contributed by atoms with E-state index in [1.807, 2.05) is 30.3 Å². The van der Waals surface area contributed by atoms with Gasteiger partial charge in [0.2, 0.25) is 0 Å². The summed E-state index contributed by atoms with van der Waals surface area (Å²) in [6.45, 7) is 0. The number of para-hydroxylation sites is 1. The van der Waals surface area contributed by atoms with Crippen molar-refractivity contribution >= 4 is 46.0 Å². The smallest absolute Gasteiger partial charge is 0.289 e. The molecule has 0 atom stereocenters. The molecule has 5 nitrogen and oxygen atoms in total. The average Bonchev–Trinajstić information content (AvgIpc) is 2.41. The number of thiocarbonyl (C=S) groups is 1. The van der Waals surface area contributed by atoms with Gasteiger partial charge in [-0.25, -0.2) is 0 Å². The molecule has 2 aromatic carbocycles. The molecule has 0 fully saturated rings. The van der Waals surface area contributed by atoms with Crippen LogP contribution in [0, 0.1) is 10.1 Å². The van der Waals surface area contributed by atoms with Crippen LogP contribution in [0.4, 0.5) is 17.1 Å². The Balaban J connectivity index is 2.08. The van der Waals surface area contributed by atoms with Crippen molar-refractivity contribution in [2.45, 2.75) is 0 Å². The number of rotatable bonds is 3. The van der Waals surface area contributed by atoms with E-state index in [4.69, 9.17) is 23.8 Å². The first kappa shape index (κ1) is 14.2. The summed E-state index contributed by atoms with van der Waals surface area (Å²) in [5.74, 6) is 0. The average molecular weight is 308 g/mol. The van der Waals surface area contributed by atoms with Crippen LogP contribution < -0.4 is 10.6 Å². The van der Waals surface area contributed by atoms with Gasteiger partial charge in [-0.05, 0) is 36.5 Å². The molecule has 0 unspecified atom stereocenters. The molecule has 0 heterocycles. The van der Waals surface area contributed by atoms with Crippen LogP contribution in [0.5, 0.6) is 0 Å². The number of nitro benzene ring substituents is 1. The fourth-order valence-electron chi connectivity index (χ4n) is 1.55. The second-order valence-corrected chi connectivity index (χ2v) is 4.68. The van der Waals surface area contributed by atoms with Gasteiger partial charge in [0.25, 0.3) is 5.69 Å². The highest BCUT2D eigenvalue weighted by molar-refractivity contribution is 7.80. The van der Waals surface area contributed by atoms with Gasteiger partial charge < -0.3 is 10.6 Å². The quantitative estimate of drug-likeness (QED) is 0.508. The summed E-state index contributed by atoms with van der Waals surface area (Å²) in [5.41, 5.74) is 1.15. The maximum absolute atomic E-state index is 10.8. The molecule has 0 saturated heterocycles. The van der Waals surface area contributed by atoms with E-state index >= 15 is 0 Å². The van der Waals surface area contributed by atoms with Gasteiger partial charge in [0.1, 0.15) is 5.02 Å². The molecular formula is C13H10ClN3O2S. The van der Waals surface area contributed by atoms with Crippen LogP contribution in [0.1, 0.15) is 0 Å². The highest BCUT2D eigenvalue weighted by atomic mass is 35.5. The van der Waals surface area contributed by atoms with Crippen LogP contribution in [0.2, 0.25) is 5.02 Å². The third kappa shape index (κ3) is 3.66. The first-order valence-electron chi connectivity index (χ1n) is 5.63. The topological polar surface area (TPSA) is 67.2 Å². The Kier molecular flexibility index (Phi) is 4.49. The van der Waals surface area contributed by atoms with Gasteiger partial charge in [-0.1, -0.05) is 29.8 Å². The number of hydrogen-bond acceptors (Lipinski definition) is 3. The number of nitro groups is 1. The minimum atomic E-state index is -0.540. The second-order valence-electron chi connectivity index (χ2n) is 3.87. The molecule has 0 aliphatic carbocycles. The Labute approximate surface area is 125 Å². The van der Waals surface area contributed by atoms with Gasteiger partial charge in [-0.3, -0.25) is 10.1 Å². The van der Waals surface area contributed by atoms with Gasteiger partial charge in [-0.2, -0.15) is 0 Å². The zero-order valence-corrected chi connectivity index (χ0v) is 11.7. The molecular weight excluding hydrogens is 298 g/mol. The highest BCUT2D eigenvalue weighted by Crippen LogP contribution is 2.27. The van der Waals surface area contributed by atoms with Crippen LogP contribution in [0.25, 0.3) is 0 Å². The van der Waals surface area contributed by atoms with E-state index < -0.39 is 4.92 Å². The zero-order chi connectivity index (χ0) is 14.5. The van der Waals surface area contributed by atoms with Crippen LogP contribution in [-0.2, 0) is 0 Å². The van der Waals surface area contributed by atoms with Crippen LogP contribution in [-0.4, -0.2) is 10.0 Å². The van der Waals surface area contributed by atoms with Crippen molar-refractivity contribution in [3.05, 3.63) is 63.7 Å². The minimum absolute atomic E-state index is 0.0856. The predicted octanol–water partition coefficient (Wildman–Crippen LogP) is 4.06. The van der Waals surface area contributed by atoms with Gasteiger partial charge in [0.05, 0.1) is 4.92 Å². The summed E-state index contributed by atoms with van der Waals surface area (Å²) in [6.07, 6.45) is 0. The standard InChI is InChI=1S/C13H10ClN3O2S/c14-11-7-6-10(8-12(11)17(18)19)16-13(20)15-9-4-2-1-3-5-9/h1-8H,(H2,15,16,20). The molecule has 0 aromatic heterocycles. The summed E-state index contributed by atoms with van der Waals surface area (Å²) in [4.78, 5) is 10.3. The lowest BCUT2D eigenvalue weighted by Gasteiger charge is -2.10. The molecule has 0 saturated carbocycles. The lowest BCUT2D eigenvalue weighted by Crippen LogP contribution is -2.19. The lowest BCUT2D eigenvalue weighted by molar-refractivity contribution is -0.384. The third-order valence-corrected chi connectivity index (χ3v) is 2.96. The maximum atomic E-state index is 10.8. The van der Waals surface area contributed by atoms with Gasteiger partial charge in [0, 0.05) is 17.4 Å². The third-order valence-electron chi connectivity index (χ3n) is 2.43. The van der Waals surface area contributed by atoms with Crippen LogP contribution in [0.15, 0.2) is 48.5 Å². The van der Waals surface area contributed by atoms with E-state index in [0.29, 0.717) is 10.8 Å². The Bertz CT molecular complexity index is 649. The van der Waals surface area contributed by atoms with E-state index in [1.165, 1.54) is 12.1 Å². The molecule has 0 aliphatic rings. The van der Waals surface area contributed by atoms with Crippen molar-refractivity contribution < 1.29 is 4.92 Å². The van der Waals surface area contributed by atoms with E-state index in [0.717, 1.165) is 5.69 Å². The molecule has 0 radical (unpaired) electrons. The molecule has 20 heavy (non-hydrogen) atoms. The molecule has 0 spiro atoms. The van der Waals surface area contributed by atoms with Crippen molar-refractivity contribution in [1.29, 1.82) is 0 Å². The molecule has 0 amide bonds. The fourth-order valence-corrected chi connectivity index (χ4v) is 1.97. The Morgan fingerprint density at radius 2 is 1.75 bits per heavy atom. The van der Waals surface area contributed by atoms with Crippen molar-refractivity contribution in [2.24, 2.45) is 0 Å². The van der Waals surface area contributed by atoms with Crippen LogP contribution in [0.3, 0.4) is 0 Å². The van der Waals surface area contributed by atoms with E-state index in [-0.39, 0.29) is 10.7 Å². The fraction of sp³-hybridized carbons (Fsp3) is 0. The van der Waals surface area contributed by atoms with Crippen molar-refractivity contribution in [3.8, 4) is 0 Å². The molecule has 0 aliphatic heterocycles. The van der Waals surface area contributed by atoms with Crippen molar-refractivity contribution in [1.82, 2.24) is 0 Å². The summed E-state index contributed by atoms with van der Waals surface area (Å²) >= 11 is 10.9. The zero-order valence-electron chi connectivity index (χ0n) is 10.2. The van der Waals surface area contributed by atoms with Gasteiger partial charge in [-0.15, -0.1) is 0 Å². The normalized spacial score (nSPS) is 9.85. The molecule has 0 bridgehead atoms. The summed E-state index contributed by atoms with van der Waals surface area (Å²) in [5, 5.41) is 17.1. The molecule has 102 valence electrons. The largest absolute Gasteiger partial charge is 0.332 e. The minimum Gasteiger partial charge on any atom is -0.332 e. The summed E-state index contributed by atoms with van der Waals surface area (Å²) < 4.78 is 0. The second kappa shape index (κ2) is 6.31. The number of nitrogens with zero attached hydrogens (tertiary/aromatic N) is 1. The highest BCUT2D eigenvalue weighted by Gasteiger charge is 2.13. The lowest BCUT2D eigenvalue weighted by atomic mass is 10.3. The maximum Gasteiger partial charge on any atom is 0.289 e. The van der Waals surface area contributed by atoms with E-state index in [9.17, 15) is 10.1 Å². The van der Waals surface area contributed by atoms with E-state index in [1.54, 1.807) is 6.07 Å². The Morgan fingerprint density at radius 1 is 1.10 bits per heavy atom. The number of anilines is 2. The predicted molar refractivity (Wildman–Crippen MR) is 84.4 cm³/mol. The monoisotopic (exact) mass is 307 g/mol. The first-order chi connectivity index (χ1) is 9.56. The summed E-state index contributed by atoms with van der Waals surface area (Å²) in [7, 11) is 0. The SMILES string of the molecule is O=[N+]([O-])c1cc(NC(=S)Nc2ccccc2)ccc1Cl. The Morgan fingerprint density at radius 3 is 2.40 bits per heavy atom. The summed E-state index contributed by atoms with van der Waals surface area (Å²) in [6, 6.07) is 13.8. The number of hydrogen-bond donors (Lipinski definition) is 2. The van der Waals surface area contributed by atoms with Crippen LogP contribution >= 0.6 is 23.8 Å². The number of halogens is 1. The molecule has 2 aromatic rings. The number of benzene rings is 2. The molecule has 7 heteroatoms. The molecule has 2 rings (SSSR count). The van der Waals surface area contributed by atoms with E-state index in [2.05, 4.69) is 10.6 Å². The Hall–Kier alpha value is -2.18.